The monoisotopic (exact) mass is 628 g/mol. The fraction of sp³-hybridized carbons (Fsp3) is 0. The molecule has 0 atom stereocenters. The Hall–Kier alpha value is -6.72. The van der Waals surface area contributed by atoms with E-state index < -0.39 is 0 Å². The molecule has 3 heterocycles. The fourth-order valence-electron chi connectivity index (χ4n) is 6.34. The molecule has 9 aromatic rings. The second kappa shape index (κ2) is 12.1. The maximum absolute atomic E-state index is 6.28. The van der Waals surface area contributed by atoms with Crippen molar-refractivity contribution < 1.29 is 4.42 Å². The van der Waals surface area contributed by atoms with E-state index in [-0.39, 0.29) is 0 Å². The second-order valence-electron chi connectivity index (χ2n) is 11.9. The lowest BCUT2D eigenvalue weighted by Gasteiger charge is -2.13. The van der Waals surface area contributed by atoms with Gasteiger partial charge in [-0.2, -0.15) is 0 Å². The minimum atomic E-state index is 0.615. The lowest BCUT2D eigenvalue weighted by atomic mass is 9.95. The third kappa shape index (κ3) is 5.43. The van der Waals surface area contributed by atoms with Crippen molar-refractivity contribution in [3.8, 4) is 67.7 Å². The number of para-hydroxylation sites is 1. The van der Waals surface area contributed by atoms with Crippen molar-refractivity contribution >= 4 is 21.9 Å². The van der Waals surface area contributed by atoms with Gasteiger partial charge >= 0.3 is 0 Å². The van der Waals surface area contributed by atoms with Crippen molar-refractivity contribution in [1.82, 2.24) is 19.9 Å². The van der Waals surface area contributed by atoms with Gasteiger partial charge in [-0.05, 0) is 52.6 Å². The summed E-state index contributed by atoms with van der Waals surface area (Å²) >= 11 is 0. The Morgan fingerprint density at radius 2 is 0.816 bits per heavy atom. The Morgan fingerprint density at radius 1 is 0.347 bits per heavy atom. The molecule has 0 aliphatic carbocycles. The number of hydrogen-bond donors (Lipinski definition) is 0. The topological polar surface area (TPSA) is 64.7 Å². The Labute approximate surface area is 283 Å². The summed E-state index contributed by atoms with van der Waals surface area (Å²) in [6.45, 7) is 0. The van der Waals surface area contributed by atoms with Crippen LogP contribution in [0.5, 0.6) is 0 Å². The molecule has 0 saturated carbocycles. The Morgan fingerprint density at radius 3 is 1.43 bits per heavy atom. The zero-order valence-electron chi connectivity index (χ0n) is 26.4. The molecule has 230 valence electrons. The van der Waals surface area contributed by atoms with Crippen molar-refractivity contribution in [3.05, 3.63) is 170 Å². The molecule has 0 aliphatic rings. The van der Waals surface area contributed by atoms with Crippen molar-refractivity contribution in [2.45, 2.75) is 0 Å². The molecule has 5 nitrogen and oxygen atoms in total. The maximum atomic E-state index is 6.28. The van der Waals surface area contributed by atoms with E-state index in [1.165, 1.54) is 0 Å². The van der Waals surface area contributed by atoms with E-state index in [4.69, 9.17) is 24.4 Å². The summed E-state index contributed by atoms with van der Waals surface area (Å²) in [7, 11) is 0. The Bertz CT molecular complexity index is 2520. The molecule has 6 aromatic carbocycles. The number of fused-ring (bicyclic) bond motifs is 3. The number of rotatable bonds is 6. The predicted octanol–water partition coefficient (Wildman–Crippen LogP) is 11.2. The number of pyridine rings is 1. The first kappa shape index (κ1) is 28.5. The van der Waals surface area contributed by atoms with Crippen molar-refractivity contribution in [3.63, 3.8) is 0 Å². The summed E-state index contributed by atoms with van der Waals surface area (Å²) in [5.41, 5.74) is 10.6. The largest absolute Gasteiger partial charge is 0.454 e. The van der Waals surface area contributed by atoms with Crippen LogP contribution in [0.4, 0.5) is 0 Å². The van der Waals surface area contributed by atoms with Crippen molar-refractivity contribution in [2.75, 3.05) is 0 Å². The van der Waals surface area contributed by atoms with Crippen LogP contribution < -0.4 is 0 Å². The molecule has 0 aliphatic heterocycles. The van der Waals surface area contributed by atoms with Gasteiger partial charge in [-0.1, -0.05) is 133 Å². The van der Waals surface area contributed by atoms with E-state index in [2.05, 4.69) is 72.8 Å². The van der Waals surface area contributed by atoms with Gasteiger partial charge in [-0.15, -0.1) is 0 Å². The fourth-order valence-corrected chi connectivity index (χ4v) is 6.34. The minimum absolute atomic E-state index is 0.615. The van der Waals surface area contributed by atoms with Crippen LogP contribution in [-0.4, -0.2) is 19.9 Å². The van der Waals surface area contributed by atoms with Crippen LogP contribution in [0.25, 0.3) is 89.6 Å². The number of furan rings is 1. The molecule has 0 unspecified atom stereocenters. The van der Waals surface area contributed by atoms with Crippen molar-refractivity contribution in [2.24, 2.45) is 0 Å². The van der Waals surface area contributed by atoms with E-state index in [1.54, 1.807) is 0 Å². The van der Waals surface area contributed by atoms with Gasteiger partial charge in [0.2, 0.25) is 0 Å². The summed E-state index contributed by atoms with van der Waals surface area (Å²) in [5, 5.41) is 2.15. The van der Waals surface area contributed by atoms with Crippen LogP contribution in [0.2, 0.25) is 0 Å². The Balaban J connectivity index is 1.18. The van der Waals surface area contributed by atoms with E-state index in [9.17, 15) is 0 Å². The molecule has 0 N–H and O–H groups in total. The molecule has 3 aromatic heterocycles. The highest BCUT2D eigenvalue weighted by molar-refractivity contribution is 6.08. The molecule has 5 heteroatoms. The summed E-state index contributed by atoms with van der Waals surface area (Å²) in [5.74, 6) is 1.88. The van der Waals surface area contributed by atoms with Crippen LogP contribution in [0.3, 0.4) is 0 Å². The number of benzene rings is 6. The van der Waals surface area contributed by atoms with Gasteiger partial charge < -0.3 is 4.42 Å². The lowest BCUT2D eigenvalue weighted by molar-refractivity contribution is 0.668. The first-order valence-electron chi connectivity index (χ1n) is 16.2. The van der Waals surface area contributed by atoms with Crippen LogP contribution in [0.15, 0.2) is 174 Å². The zero-order valence-corrected chi connectivity index (χ0v) is 26.4. The van der Waals surface area contributed by atoms with Crippen LogP contribution in [-0.2, 0) is 0 Å². The number of hydrogen-bond acceptors (Lipinski definition) is 5. The predicted molar refractivity (Wildman–Crippen MR) is 198 cm³/mol. The molecular formula is C44H28N4O. The van der Waals surface area contributed by atoms with Gasteiger partial charge in [0.1, 0.15) is 11.3 Å². The lowest BCUT2D eigenvalue weighted by Crippen LogP contribution is -2.00. The molecule has 0 radical (unpaired) electrons. The van der Waals surface area contributed by atoms with E-state index in [0.29, 0.717) is 17.5 Å². The molecule has 9 rings (SSSR count). The molecule has 49 heavy (non-hydrogen) atoms. The molecular weight excluding hydrogens is 601 g/mol. The van der Waals surface area contributed by atoms with E-state index in [1.807, 2.05) is 97.2 Å². The SMILES string of the molecule is c1ccc(-c2cc(-c3ccc(-c4nccc5c4oc4ccccc45)cc3)cc(-c3nc(-c4ccccc4)nc(-c4ccccc4)n3)c2)cc1. The summed E-state index contributed by atoms with van der Waals surface area (Å²) < 4.78 is 6.28. The first-order chi connectivity index (χ1) is 24.3. The average Bonchev–Trinajstić information content (AvgIpc) is 3.58. The second-order valence-corrected chi connectivity index (χ2v) is 11.9. The van der Waals surface area contributed by atoms with Gasteiger partial charge in [0, 0.05) is 39.2 Å². The third-order valence-corrected chi connectivity index (χ3v) is 8.78. The maximum Gasteiger partial charge on any atom is 0.164 e. The molecule has 0 spiro atoms. The highest BCUT2D eigenvalue weighted by Gasteiger charge is 2.16. The first-order valence-corrected chi connectivity index (χ1v) is 16.2. The normalized spacial score (nSPS) is 11.3. The molecule has 0 amide bonds. The Kier molecular flexibility index (Phi) is 7.06. The van der Waals surface area contributed by atoms with Crippen LogP contribution in [0, 0.1) is 0 Å². The van der Waals surface area contributed by atoms with Gasteiger partial charge in [0.15, 0.2) is 23.1 Å². The highest BCUT2D eigenvalue weighted by Crippen LogP contribution is 2.37. The number of nitrogens with zero attached hydrogens (tertiary/aromatic N) is 4. The third-order valence-electron chi connectivity index (χ3n) is 8.78. The van der Waals surface area contributed by atoms with Gasteiger partial charge in [0.05, 0.1) is 0 Å². The number of aromatic nitrogens is 4. The van der Waals surface area contributed by atoms with Gasteiger partial charge in [-0.3, -0.25) is 4.98 Å². The summed E-state index contributed by atoms with van der Waals surface area (Å²) in [6.07, 6.45) is 1.85. The molecule has 0 saturated heterocycles. The zero-order chi connectivity index (χ0) is 32.6. The van der Waals surface area contributed by atoms with Crippen LogP contribution in [0.1, 0.15) is 0 Å². The van der Waals surface area contributed by atoms with Gasteiger partial charge in [-0.25, -0.2) is 15.0 Å². The molecule has 0 bridgehead atoms. The van der Waals surface area contributed by atoms with Crippen LogP contribution >= 0.6 is 0 Å². The smallest absolute Gasteiger partial charge is 0.164 e. The van der Waals surface area contributed by atoms with Gasteiger partial charge in [0.25, 0.3) is 0 Å². The summed E-state index contributed by atoms with van der Waals surface area (Å²) in [4.78, 5) is 19.7. The molecule has 0 fully saturated rings. The standard InChI is InChI=1S/C44H28N4O/c1-4-12-29(13-5-1)34-26-35(30-20-22-31(23-21-30)40-41-38(24-25-45-40)37-18-10-11-19-39(37)49-41)28-36(27-34)44-47-42(32-14-6-2-7-15-32)46-43(48-44)33-16-8-3-9-17-33/h1-28H. The average molecular weight is 629 g/mol. The summed E-state index contributed by atoms with van der Waals surface area (Å²) in [6, 6.07) is 55.7. The van der Waals surface area contributed by atoms with E-state index in [0.717, 1.165) is 72.1 Å². The highest BCUT2D eigenvalue weighted by atomic mass is 16.3. The van der Waals surface area contributed by atoms with Crippen molar-refractivity contribution in [1.29, 1.82) is 0 Å². The minimum Gasteiger partial charge on any atom is -0.454 e. The van der Waals surface area contributed by atoms with E-state index >= 15 is 0 Å². The quantitative estimate of drug-likeness (QED) is 0.183.